The first kappa shape index (κ1) is 27.6. The number of carbonyl (C=O) groups is 1. The van der Waals surface area contributed by atoms with Gasteiger partial charge in [-0.15, -0.1) is 11.3 Å². The first-order valence-electron chi connectivity index (χ1n) is 12.1. The molecule has 1 aliphatic rings. The Morgan fingerprint density at radius 1 is 1.23 bits per heavy atom. The van der Waals surface area contributed by atoms with Crippen LogP contribution < -0.4 is 4.31 Å². The fourth-order valence-corrected chi connectivity index (χ4v) is 7.52. The van der Waals surface area contributed by atoms with Gasteiger partial charge in [-0.25, -0.2) is 13.2 Å². The van der Waals surface area contributed by atoms with Crippen LogP contribution in [0.2, 0.25) is 0 Å². The molecule has 9 heteroatoms. The molecule has 0 amide bonds. The van der Waals surface area contributed by atoms with Crippen LogP contribution in [0.3, 0.4) is 0 Å². The van der Waals surface area contributed by atoms with Crippen molar-refractivity contribution in [2.45, 2.75) is 77.5 Å². The Kier molecular flexibility index (Phi) is 9.01. The van der Waals surface area contributed by atoms with E-state index in [9.17, 15) is 18.3 Å². The molecule has 0 saturated carbocycles. The third kappa shape index (κ3) is 7.29. The lowest BCUT2D eigenvalue weighted by atomic mass is 9.88. The minimum atomic E-state index is -3.58. The number of hydrogen-bond acceptors (Lipinski definition) is 6. The van der Waals surface area contributed by atoms with Gasteiger partial charge < -0.3 is 14.9 Å². The SMILES string of the molecule is COC1CS(=O)(=O)N(c2cccc(C(O)CCCC(C)(C)C)c2)C1CCCc1ccc(C(=O)O)s1. The predicted octanol–water partition coefficient (Wildman–Crippen LogP) is 5.25. The molecule has 3 rings (SSSR count). The number of carboxylic acid groups (broad SMARTS) is 1. The Hall–Kier alpha value is -1.94. The van der Waals surface area contributed by atoms with Crippen molar-refractivity contribution < 1.29 is 28.2 Å². The Labute approximate surface area is 212 Å². The van der Waals surface area contributed by atoms with Crippen LogP contribution in [-0.2, 0) is 21.2 Å². The number of rotatable bonds is 11. The number of sulfonamides is 1. The second-order valence-electron chi connectivity index (χ2n) is 10.4. The van der Waals surface area contributed by atoms with Crippen LogP contribution in [0.4, 0.5) is 5.69 Å². The highest BCUT2D eigenvalue weighted by Crippen LogP contribution is 2.35. The van der Waals surface area contributed by atoms with Crippen molar-refractivity contribution in [3.05, 3.63) is 51.7 Å². The van der Waals surface area contributed by atoms with Crippen molar-refractivity contribution in [3.63, 3.8) is 0 Å². The van der Waals surface area contributed by atoms with Gasteiger partial charge in [-0.1, -0.05) is 39.3 Å². The van der Waals surface area contributed by atoms with Crippen molar-refractivity contribution in [1.82, 2.24) is 0 Å². The van der Waals surface area contributed by atoms with Crippen LogP contribution in [0.15, 0.2) is 36.4 Å². The molecule has 0 spiro atoms. The third-order valence-electron chi connectivity index (χ3n) is 6.42. The topological polar surface area (TPSA) is 104 Å². The number of aromatic carboxylic acids is 1. The summed E-state index contributed by atoms with van der Waals surface area (Å²) in [7, 11) is -2.05. The van der Waals surface area contributed by atoms with Gasteiger partial charge >= 0.3 is 5.97 Å². The largest absolute Gasteiger partial charge is 0.477 e. The zero-order valence-corrected chi connectivity index (χ0v) is 22.6. The maximum absolute atomic E-state index is 13.1. The molecule has 0 bridgehead atoms. The molecule has 0 radical (unpaired) electrons. The molecule has 0 aliphatic carbocycles. The summed E-state index contributed by atoms with van der Waals surface area (Å²) in [6.45, 7) is 6.52. The fourth-order valence-electron chi connectivity index (χ4n) is 4.61. The average Bonchev–Trinajstić information content (AvgIpc) is 3.35. The van der Waals surface area contributed by atoms with Crippen LogP contribution in [-0.4, -0.2) is 49.6 Å². The quantitative estimate of drug-likeness (QED) is 0.417. The first-order valence-corrected chi connectivity index (χ1v) is 14.5. The lowest BCUT2D eigenvalue weighted by Crippen LogP contribution is -2.37. The number of methoxy groups -OCH3 is 1. The van der Waals surface area contributed by atoms with E-state index >= 15 is 0 Å². The number of aryl methyl sites for hydroxylation is 1. The molecule has 1 fully saturated rings. The third-order valence-corrected chi connectivity index (χ3v) is 9.38. The van der Waals surface area contributed by atoms with E-state index in [0.29, 0.717) is 41.8 Å². The summed E-state index contributed by atoms with van der Waals surface area (Å²) in [5, 5.41) is 19.9. The van der Waals surface area contributed by atoms with Gasteiger partial charge in [0.05, 0.1) is 29.7 Å². The maximum atomic E-state index is 13.1. The van der Waals surface area contributed by atoms with E-state index in [0.717, 1.165) is 17.7 Å². The molecule has 3 atom stereocenters. The van der Waals surface area contributed by atoms with Crippen molar-refractivity contribution >= 4 is 33.0 Å². The zero-order chi connectivity index (χ0) is 25.8. The van der Waals surface area contributed by atoms with E-state index in [1.165, 1.54) is 22.8 Å². The molecule has 2 heterocycles. The monoisotopic (exact) mass is 523 g/mol. The molecular formula is C26H37NO6S2. The second-order valence-corrected chi connectivity index (χ2v) is 13.5. The Bertz CT molecular complexity index is 1110. The Morgan fingerprint density at radius 3 is 2.60 bits per heavy atom. The molecule has 1 aliphatic heterocycles. The summed E-state index contributed by atoms with van der Waals surface area (Å²) < 4.78 is 33.3. The van der Waals surface area contributed by atoms with Gasteiger partial charge in [0, 0.05) is 12.0 Å². The lowest BCUT2D eigenvalue weighted by molar-refractivity contribution is 0.0702. The molecule has 7 nitrogen and oxygen atoms in total. The predicted molar refractivity (Wildman–Crippen MR) is 140 cm³/mol. The summed E-state index contributed by atoms with van der Waals surface area (Å²) in [6.07, 6.45) is 3.35. The Morgan fingerprint density at radius 2 is 1.97 bits per heavy atom. The van der Waals surface area contributed by atoms with Gasteiger partial charge in [0.1, 0.15) is 4.88 Å². The molecule has 2 aromatic rings. The minimum absolute atomic E-state index is 0.0886. The number of carboxylic acids is 1. The molecule has 1 aromatic carbocycles. The average molecular weight is 524 g/mol. The highest BCUT2D eigenvalue weighted by molar-refractivity contribution is 7.93. The van der Waals surface area contributed by atoms with Crippen LogP contribution in [0.1, 0.15) is 79.1 Å². The second kappa shape index (κ2) is 11.4. The fraction of sp³-hybridized carbons (Fsp3) is 0.577. The first-order chi connectivity index (χ1) is 16.4. The number of aliphatic hydroxyl groups is 1. The number of thiophene rings is 1. The van der Waals surface area contributed by atoms with E-state index in [2.05, 4.69) is 20.8 Å². The van der Waals surface area contributed by atoms with Gasteiger partial charge in [-0.3, -0.25) is 4.31 Å². The highest BCUT2D eigenvalue weighted by atomic mass is 32.2. The molecule has 1 aromatic heterocycles. The maximum Gasteiger partial charge on any atom is 0.345 e. The smallest absolute Gasteiger partial charge is 0.345 e. The number of nitrogens with zero attached hydrogens (tertiary/aromatic N) is 1. The van der Waals surface area contributed by atoms with Crippen LogP contribution in [0.25, 0.3) is 0 Å². The van der Waals surface area contributed by atoms with E-state index in [4.69, 9.17) is 9.84 Å². The molecule has 2 N–H and O–H groups in total. The van der Waals surface area contributed by atoms with Crippen LogP contribution >= 0.6 is 11.3 Å². The van der Waals surface area contributed by atoms with E-state index in [1.807, 2.05) is 12.1 Å². The summed E-state index contributed by atoms with van der Waals surface area (Å²) in [6, 6.07) is 10.2. The van der Waals surface area contributed by atoms with Crippen molar-refractivity contribution in [2.24, 2.45) is 5.41 Å². The Balaban J connectivity index is 1.74. The molecule has 194 valence electrons. The summed E-state index contributed by atoms with van der Waals surface area (Å²) in [4.78, 5) is 12.4. The standard InChI is InChI=1S/C26H37NO6S2/c1-26(2,3)15-7-12-22(28)18-8-5-9-19(16-18)27-21(23(33-4)17-35(27,31)32)11-6-10-20-13-14-24(34-20)25(29)30/h5,8-9,13-14,16,21-23,28H,6-7,10-12,15,17H2,1-4H3,(H,29,30). The number of aliphatic hydroxyl groups excluding tert-OH is 1. The summed E-state index contributed by atoms with van der Waals surface area (Å²) in [5.41, 5.74) is 1.46. The summed E-state index contributed by atoms with van der Waals surface area (Å²) in [5.74, 6) is -1.02. The number of anilines is 1. The highest BCUT2D eigenvalue weighted by Gasteiger charge is 2.45. The molecule has 3 unspecified atom stereocenters. The van der Waals surface area contributed by atoms with Crippen molar-refractivity contribution in [2.75, 3.05) is 17.2 Å². The number of hydrogen-bond donors (Lipinski definition) is 2. The van der Waals surface area contributed by atoms with Crippen LogP contribution in [0, 0.1) is 5.41 Å². The minimum Gasteiger partial charge on any atom is -0.477 e. The number of benzene rings is 1. The normalized spacial score (nSPS) is 20.8. The van der Waals surface area contributed by atoms with Gasteiger partial charge in [-0.2, -0.15) is 0 Å². The van der Waals surface area contributed by atoms with Gasteiger partial charge in [-0.05, 0) is 67.3 Å². The van der Waals surface area contributed by atoms with Gasteiger partial charge in [0.2, 0.25) is 10.0 Å². The number of ether oxygens (including phenoxy) is 1. The molecular weight excluding hydrogens is 486 g/mol. The summed E-state index contributed by atoms with van der Waals surface area (Å²) >= 11 is 1.25. The van der Waals surface area contributed by atoms with Gasteiger partial charge in [0.15, 0.2) is 0 Å². The van der Waals surface area contributed by atoms with E-state index < -0.39 is 28.2 Å². The lowest BCUT2D eigenvalue weighted by Gasteiger charge is -2.28. The van der Waals surface area contributed by atoms with Crippen molar-refractivity contribution in [3.8, 4) is 0 Å². The van der Waals surface area contributed by atoms with Gasteiger partial charge in [0.25, 0.3) is 0 Å². The zero-order valence-electron chi connectivity index (χ0n) is 20.9. The molecule has 1 saturated heterocycles. The molecule has 35 heavy (non-hydrogen) atoms. The van der Waals surface area contributed by atoms with Crippen molar-refractivity contribution in [1.29, 1.82) is 0 Å². The van der Waals surface area contributed by atoms with E-state index in [-0.39, 0.29) is 17.2 Å². The van der Waals surface area contributed by atoms with Crippen LogP contribution in [0.5, 0.6) is 0 Å². The van der Waals surface area contributed by atoms with E-state index in [1.54, 1.807) is 24.3 Å².